The van der Waals surface area contributed by atoms with Gasteiger partial charge in [-0.25, -0.2) is 0 Å². The van der Waals surface area contributed by atoms with E-state index < -0.39 is 10.1 Å². The lowest BCUT2D eigenvalue weighted by Gasteiger charge is -2.06. The van der Waals surface area contributed by atoms with Gasteiger partial charge < -0.3 is 10.2 Å². The van der Waals surface area contributed by atoms with Crippen molar-refractivity contribution in [2.24, 2.45) is 0 Å². The van der Waals surface area contributed by atoms with Crippen LogP contribution in [0.3, 0.4) is 0 Å². The first-order chi connectivity index (χ1) is 8.22. The van der Waals surface area contributed by atoms with E-state index in [9.17, 15) is 13.2 Å². The van der Waals surface area contributed by atoms with Gasteiger partial charge in [-0.3, -0.25) is 9.35 Å². The van der Waals surface area contributed by atoms with Crippen LogP contribution >= 0.6 is 0 Å². The minimum absolute atomic E-state index is 0.0909. The van der Waals surface area contributed by atoms with Crippen molar-refractivity contribution in [1.82, 2.24) is 10.2 Å². The second kappa shape index (κ2) is 11.2. The molecule has 0 aliphatic carbocycles. The van der Waals surface area contributed by atoms with Crippen molar-refractivity contribution in [3.05, 3.63) is 12.7 Å². The highest BCUT2D eigenvalue weighted by molar-refractivity contribution is 7.85. The molecule has 0 unspecified atom stereocenters. The van der Waals surface area contributed by atoms with Gasteiger partial charge in [-0.05, 0) is 39.6 Å². The van der Waals surface area contributed by atoms with Crippen LogP contribution in [0, 0.1) is 0 Å². The Morgan fingerprint density at radius 1 is 1.44 bits per heavy atom. The maximum absolute atomic E-state index is 10.3. The molecule has 0 aliphatic rings. The average molecular weight is 280 g/mol. The summed E-state index contributed by atoms with van der Waals surface area (Å²) in [5.41, 5.74) is 0. The maximum atomic E-state index is 10.3. The number of nitrogens with zero attached hydrogens (tertiary/aromatic N) is 1. The predicted octanol–water partition coefficient (Wildman–Crippen LogP) is 0.525. The molecular formula is C11H24N2O4S. The third kappa shape index (κ3) is 20.5. The lowest BCUT2D eigenvalue weighted by atomic mass is 10.4. The molecule has 0 saturated heterocycles. The smallest absolute Gasteiger partial charge is 0.264 e. The van der Waals surface area contributed by atoms with Crippen LogP contribution in [0.1, 0.15) is 19.8 Å². The van der Waals surface area contributed by atoms with Crippen LogP contribution in [0.5, 0.6) is 0 Å². The molecule has 0 spiro atoms. The number of hydrogen-bond acceptors (Lipinski definition) is 4. The van der Waals surface area contributed by atoms with E-state index in [0.29, 0.717) is 13.0 Å². The molecule has 0 aromatic carbocycles. The van der Waals surface area contributed by atoms with E-state index in [1.165, 1.54) is 6.08 Å². The van der Waals surface area contributed by atoms with Gasteiger partial charge in [0, 0.05) is 6.54 Å². The zero-order valence-corrected chi connectivity index (χ0v) is 12.2. The summed E-state index contributed by atoms with van der Waals surface area (Å²) < 4.78 is 28.6. The van der Waals surface area contributed by atoms with Crippen molar-refractivity contribution in [3.8, 4) is 0 Å². The maximum Gasteiger partial charge on any atom is 0.264 e. The largest absolute Gasteiger partial charge is 0.353 e. The Labute approximate surface area is 110 Å². The molecule has 0 fully saturated rings. The van der Waals surface area contributed by atoms with Crippen molar-refractivity contribution in [2.45, 2.75) is 19.8 Å². The first-order valence-electron chi connectivity index (χ1n) is 5.73. The second-order valence-corrected chi connectivity index (χ2v) is 5.51. The fourth-order valence-corrected chi connectivity index (χ4v) is 1.38. The standard InChI is InChI=1S/C6H11NO.C5H13NO3S/c1-3-5-7-6(8)4-2;1-6(2)4-3-5-10(7,8)9/h4H,2-3,5H2,1H3,(H,7,8);3-5H2,1-2H3,(H,7,8,9). The molecule has 0 bridgehead atoms. The monoisotopic (exact) mass is 280 g/mol. The van der Waals surface area contributed by atoms with E-state index >= 15 is 0 Å². The molecule has 1 amide bonds. The van der Waals surface area contributed by atoms with Crippen LogP contribution in [-0.2, 0) is 14.9 Å². The van der Waals surface area contributed by atoms with Crippen LogP contribution in [0.4, 0.5) is 0 Å². The molecule has 2 N–H and O–H groups in total. The molecule has 18 heavy (non-hydrogen) atoms. The predicted molar refractivity (Wildman–Crippen MR) is 73.1 cm³/mol. The Bertz CT molecular complexity index is 326. The van der Waals surface area contributed by atoms with Gasteiger partial charge in [0.1, 0.15) is 0 Å². The number of amides is 1. The van der Waals surface area contributed by atoms with Crippen molar-refractivity contribution < 1.29 is 17.8 Å². The zero-order valence-electron chi connectivity index (χ0n) is 11.3. The third-order valence-corrected chi connectivity index (χ3v) is 2.55. The van der Waals surface area contributed by atoms with E-state index in [4.69, 9.17) is 4.55 Å². The van der Waals surface area contributed by atoms with Gasteiger partial charge in [-0.15, -0.1) is 0 Å². The molecule has 6 nitrogen and oxygen atoms in total. The van der Waals surface area contributed by atoms with Gasteiger partial charge in [0.05, 0.1) is 5.75 Å². The van der Waals surface area contributed by atoms with Crippen molar-refractivity contribution >= 4 is 16.0 Å². The van der Waals surface area contributed by atoms with Crippen molar-refractivity contribution in [1.29, 1.82) is 0 Å². The fraction of sp³-hybridized carbons (Fsp3) is 0.727. The number of carbonyl (C=O) groups excluding carboxylic acids is 1. The first-order valence-corrected chi connectivity index (χ1v) is 7.34. The number of carbonyl (C=O) groups is 1. The minimum Gasteiger partial charge on any atom is -0.353 e. The molecule has 0 aromatic heterocycles. The molecule has 0 aromatic rings. The molecule has 0 heterocycles. The van der Waals surface area contributed by atoms with Crippen molar-refractivity contribution in [2.75, 3.05) is 32.9 Å². The molecular weight excluding hydrogens is 256 g/mol. The third-order valence-electron chi connectivity index (χ3n) is 1.74. The molecule has 7 heteroatoms. The van der Waals surface area contributed by atoms with Crippen molar-refractivity contribution in [3.63, 3.8) is 0 Å². The van der Waals surface area contributed by atoms with Gasteiger partial charge in [-0.1, -0.05) is 13.5 Å². The summed E-state index contributed by atoms with van der Waals surface area (Å²) in [5, 5.41) is 2.62. The van der Waals surface area contributed by atoms with E-state index in [0.717, 1.165) is 13.0 Å². The Morgan fingerprint density at radius 3 is 2.33 bits per heavy atom. The van der Waals surface area contributed by atoms with Gasteiger partial charge in [-0.2, -0.15) is 8.42 Å². The van der Waals surface area contributed by atoms with E-state index in [-0.39, 0.29) is 11.7 Å². The summed E-state index contributed by atoms with van der Waals surface area (Å²) in [6.07, 6.45) is 2.72. The van der Waals surface area contributed by atoms with Gasteiger partial charge in [0.2, 0.25) is 5.91 Å². The van der Waals surface area contributed by atoms with Gasteiger partial charge >= 0.3 is 0 Å². The van der Waals surface area contributed by atoms with Crippen LogP contribution < -0.4 is 5.32 Å². The molecule has 0 saturated carbocycles. The van der Waals surface area contributed by atoms with Crippen LogP contribution in [0.25, 0.3) is 0 Å². The summed E-state index contributed by atoms with van der Waals surface area (Å²) in [6.45, 7) is 6.73. The summed E-state index contributed by atoms with van der Waals surface area (Å²) in [5.74, 6) is -0.239. The lowest BCUT2D eigenvalue weighted by molar-refractivity contribution is -0.116. The summed E-state index contributed by atoms with van der Waals surface area (Å²) >= 11 is 0. The second-order valence-electron chi connectivity index (χ2n) is 3.94. The normalized spacial score (nSPS) is 10.5. The molecule has 0 radical (unpaired) electrons. The van der Waals surface area contributed by atoms with Crippen LogP contribution in [0.2, 0.25) is 0 Å². The van der Waals surface area contributed by atoms with Gasteiger partial charge in [0.15, 0.2) is 0 Å². The number of rotatable bonds is 7. The average Bonchev–Trinajstić information content (AvgIpc) is 2.24. The Kier molecular flexibility index (Phi) is 12.1. The fourth-order valence-electron chi connectivity index (χ4n) is 0.884. The summed E-state index contributed by atoms with van der Waals surface area (Å²) in [4.78, 5) is 12.2. The Balaban J connectivity index is 0. The highest BCUT2D eigenvalue weighted by Gasteiger charge is 2.02. The molecule has 0 atom stereocenters. The highest BCUT2D eigenvalue weighted by atomic mass is 32.2. The summed E-state index contributed by atoms with van der Waals surface area (Å²) in [6, 6.07) is 0. The Hall–Kier alpha value is -0.920. The minimum atomic E-state index is -3.75. The summed E-state index contributed by atoms with van der Waals surface area (Å²) in [7, 11) is -0.0441. The van der Waals surface area contributed by atoms with E-state index in [1.54, 1.807) is 0 Å². The van der Waals surface area contributed by atoms with Gasteiger partial charge in [0.25, 0.3) is 10.1 Å². The van der Waals surface area contributed by atoms with Crippen LogP contribution in [-0.4, -0.2) is 56.7 Å². The highest BCUT2D eigenvalue weighted by Crippen LogP contribution is 1.88. The number of nitrogens with one attached hydrogen (secondary N) is 1. The quantitative estimate of drug-likeness (QED) is 0.524. The SMILES string of the molecule is C=CC(=O)NCCC.CN(C)CCCS(=O)(=O)O. The molecule has 0 aliphatic heterocycles. The Morgan fingerprint density at radius 2 is 2.00 bits per heavy atom. The zero-order chi connectivity index (χ0) is 14.6. The number of hydrogen-bond donors (Lipinski definition) is 2. The molecule has 108 valence electrons. The first kappa shape index (κ1) is 19.4. The molecule has 0 rings (SSSR count). The van der Waals surface area contributed by atoms with E-state index in [1.807, 2.05) is 25.9 Å². The van der Waals surface area contributed by atoms with Crippen LogP contribution in [0.15, 0.2) is 12.7 Å². The van der Waals surface area contributed by atoms with E-state index in [2.05, 4.69) is 11.9 Å². The lowest BCUT2D eigenvalue weighted by Crippen LogP contribution is -2.20. The topological polar surface area (TPSA) is 86.7 Å².